The van der Waals surface area contributed by atoms with Gasteiger partial charge >= 0.3 is 0 Å². The molecule has 1 N–H and O–H groups in total. The van der Waals surface area contributed by atoms with Crippen LogP contribution in [0.25, 0.3) is 0 Å². The SMILES string of the molecule is CCNC(C1=CCCC1)c1ccc(CC)s1. The second kappa shape index (κ2) is 5.65. The summed E-state index contributed by atoms with van der Waals surface area (Å²) in [4.78, 5) is 2.99. The molecule has 0 saturated carbocycles. The van der Waals surface area contributed by atoms with Crippen molar-refractivity contribution in [2.24, 2.45) is 0 Å². The number of hydrogen-bond donors (Lipinski definition) is 1. The second-order valence-electron chi connectivity index (χ2n) is 4.32. The summed E-state index contributed by atoms with van der Waals surface area (Å²) in [6, 6.07) is 5.06. The molecule has 1 heterocycles. The molecule has 0 saturated heterocycles. The number of aryl methyl sites for hydroxylation is 1. The fraction of sp³-hybridized carbons (Fsp3) is 0.571. The van der Waals surface area contributed by atoms with E-state index in [9.17, 15) is 0 Å². The second-order valence-corrected chi connectivity index (χ2v) is 5.52. The molecule has 2 rings (SSSR count). The topological polar surface area (TPSA) is 12.0 Å². The maximum atomic E-state index is 3.62. The predicted molar refractivity (Wildman–Crippen MR) is 72.0 cm³/mol. The van der Waals surface area contributed by atoms with Gasteiger partial charge in [0.15, 0.2) is 0 Å². The van der Waals surface area contributed by atoms with Crippen LogP contribution in [0.2, 0.25) is 0 Å². The van der Waals surface area contributed by atoms with Crippen molar-refractivity contribution in [3.63, 3.8) is 0 Å². The lowest BCUT2D eigenvalue weighted by Gasteiger charge is -2.18. The van der Waals surface area contributed by atoms with Crippen LogP contribution in [0.4, 0.5) is 0 Å². The molecule has 1 aromatic heterocycles. The minimum atomic E-state index is 0.484. The zero-order valence-corrected chi connectivity index (χ0v) is 11.1. The highest BCUT2D eigenvalue weighted by atomic mass is 32.1. The van der Waals surface area contributed by atoms with Gasteiger partial charge in [-0.15, -0.1) is 11.3 Å². The molecular weight excluding hydrogens is 214 g/mol. The van der Waals surface area contributed by atoms with Gasteiger partial charge in [-0.2, -0.15) is 0 Å². The van der Waals surface area contributed by atoms with E-state index in [4.69, 9.17) is 0 Å². The largest absolute Gasteiger partial charge is 0.306 e. The monoisotopic (exact) mass is 235 g/mol. The Morgan fingerprint density at radius 3 is 2.81 bits per heavy atom. The van der Waals surface area contributed by atoms with Gasteiger partial charge in [0.2, 0.25) is 0 Å². The third-order valence-corrected chi connectivity index (χ3v) is 4.46. The summed E-state index contributed by atoms with van der Waals surface area (Å²) in [7, 11) is 0. The first kappa shape index (κ1) is 11.9. The molecule has 1 unspecified atom stereocenters. The number of hydrogen-bond acceptors (Lipinski definition) is 2. The Balaban J connectivity index is 2.17. The van der Waals surface area contributed by atoms with E-state index in [0.717, 1.165) is 13.0 Å². The highest BCUT2D eigenvalue weighted by Gasteiger charge is 2.19. The van der Waals surface area contributed by atoms with Crippen molar-refractivity contribution >= 4 is 11.3 Å². The first-order chi connectivity index (χ1) is 7.85. The van der Waals surface area contributed by atoms with Crippen molar-refractivity contribution in [2.45, 2.75) is 45.6 Å². The fourth-order valence-corrected chi connectivity index (χ4v) is 3.39. The van der Waals surface area contributed by atoms with E-state index < -0.39 is 0 Å². The first-order valence-electron chi connectivity index (χ1n) is 6.36. The smallest absolute Gasteiger partial charge is 0.0630 e. The van der Waals surface area contributed by atoms with Crippen molar-refractivity contribution in [3.8, 4) is 0 Å². The van der Waals surface area contributed by atoms with E-state index in [1.165, 1.54) is 29.0 Å². The zero-order chi connectivity index (χ0) is 11.4. The van der Waals surface area contributed by atoms with Crippen LogP contribution < -0.4 is 5.32 Å². The molecule has 0 radical (unpaired) electrons. The Morgan fingerprint density at radius 2 is 2.25 bits per heavy atom. The number of likely N-dealkylation sites (N-methyl/N-ethyl adjacent to an activating group) is 1. The van der Waals surface area contributed by atoms with E-state index in [1.807, 2.05) is 11.3 Å². The normalized spacial score (nSPS) is 17.5. The van der Waals surface area contributed by atoms with Gasteiger partial charge in [0.25, 0.3) is 0 Å². The van der Waals surface area contributed by atoms with E-state index in [0.29, 0.717) is 6.04 Å². The van der Waals surface area contributed by atoms with Crippen molar-refractivity contribution in [1.29, 1.82) is 0 Å². The molecule has 1 atom stereocenters. The highest BCUT2D eigenvalue weighted by Crippen LogP contribution is 2.34. The zero-order valence-electron chi connectivity index (χ0n) is 10.3. The van der Waals surface area contributed by atoms with Crippen molar-refractivity contribution in [1.82, 2.24) is 5.32 Å². The lowest BCUT2D eigenvalue weighted by Crippen LogP contribution is -2.21. The first-order valence-corrected chi connectivity index (χ1v) is 7.17. The van der Waals surface area contributed by atoms with Gasteiger partial charge in [-0.3, -0.25) is 0 Å². The number of rotatable bonds is 5. The Labute approximate surface area is 103 Å². The van der Waals surface area contributed by atoms with Crippen molar-refractivity contribution in [3.05, 3.63) is 33.5 Å². The van der Waals surface area contributed by atoms with Gasteiger partial charge in [0.05, 0.1) is 6.04 Å². The molecule has 2 heteroatoms. The minimum Gasteiger partial charge on any atom is -0.306 e. The molecule has 1 nitrogen and oxygen atoms in total. The van der Waals surface area contributed by atoms with E-state index in [1.54, 1.807) is 5.57 Å². The molecule has 0 fully saturated rings. The van der Waals surface area contributed by atoms with Gasteiger partial charge in [-0.1, -0.05) is 25.5 Å². The highest BCUT2D eigenvalue weighted by molar-refractivity contribution is 7.12. The quantitative estimate of drug-likeness (QED) is 0.759. The number of nitrogens with one attached hydrogen (secondary N) is 1. The summed E-state index contributed by atoms with van der Waals surface area (Å²) >= 11 is 1.96. The molecule has 16 heavy (non-hydrogen) atoms. The summed E-state index contributed by atoms with van der Waals surface area (Å²) in [6.07, 6.45) is 7.46. The summed E-state index contributed by atoms with van der Waals surface area (Å²) in [5.74, 6) is 0. The Hall–Kier alpha value is -0.600. The van der Waals surface area contributed by atoms with E-state index in [-0.39, 0.29) is 0 Å². The molecule has 0 aromatic carbocycles. The average Bonchev–Trinajstić information content (AvgIpc) is 2.97. The molecular formula is C14H21NS. The van der Waals surface area contributed by atoms with Gasteiger partial charge in [-0.25, -0.2) is 0 Å². The molecule has 0 amide bonds. The van der Waals surface area contributed by atoms with Gasteiger partial charge in [0.1, 0.15) is 0 Å². The van der Waals surface area contributed by atoms with Crippen LogP contribution >= 0.6 is 11.3 Å². The van der Waals surface area contributed by atoms with Crippen molar-refractivity contribution in [2.75, 3.05) is 6.54 Å². The molecule has 0 bridgehead atoms. The fourth-order valence-electron chi connectivity index (χ4n) is 2.32. The lowest BCUT2D eigenvalue weighted by atomic mass is 10.1. The van der Waals surface area contributed by atoms with Gasteiger partial charge < -0.3 is 5.32 Å². The van der Waals surface area contributed by atoms with Crippen LogP contribution in [-0.4, -0.2) is 6.54 Å². The van der Waals surface area contributed by atoms with Crippen LogP contribution in [0.3, 0.4) is 0 Å². The third-order valence-electron chi connectivity index (χ3n) is 3.17. The Kier molecular flexibility index (Phi) is 4.19. The standard InChI is InChI=1S/C14H21NS/c1-3-12-9-10-13(16-12)14(15-4-2)11-7-5-6-8-11/h7,9-10,14-15H,3-6,8H2,1-2H3. The average molecular weight is 235 g/mol. The summed E-state index contributed by atoms with van der Waals surface area (Å²) in [5, 5.41) is 3.62. The lowest BCUT2D eigenvalue weighted by molar-refractivity contribution is 0.614. The maximum absolute atomic E-state index is 3.62. The molecule has 1 aliphatic carbocycles. The molecule has 1 aliphatic rings. The van der Waals surface area contributed by atoms with Crippen LogP contribution in [-0.2, 0) is 6.42 Å². The van der Waals surface area contributed by atoms with Gasteiger partial charge in [0, 0.05) is 9.75 Å². The Bertz CT molecular complexity index is 365. The molecule has 0 spiro atoms. The predicted octanol–water partition coefficient (Wildman–Crippen LogP) is 4.07. The number of thiophene rings is 1. The minimum absolute atomic E-state index is 0.484. The van der Waals surface area contributed by atoms with Crippen LogP contribution in [0.5, 0.6) is 0 Å². The van der Waals surface area contributed by atoms with Crippen LogP contribution in [0.15, 0.2) is 23.8 Å². The summed E-state index contributed by atoms with van der Waals surface area (Å²) in [6.45, 7) is 5.46. The van der Waals surface area contributed by atoms with Gasteiger partial charge in [-0.05, 0) is 44.4 Å². The van der Waals surface area contributed by atoms with Crippen molar-refractivity contribution < 1.29 is 0 Å². The third kappa shape index (κ3) is 2.55. The van der Waals surface area contributed by atoms with E-state index in [2.05, 4.69) is 37.4 Å². The Morgan fingerprint density at radius 1 is 1.38 bits per heavy atom. The molecule has 0 aliphatic heterocycles. The number of allylic oxidation sites excluding steroid dienone is 1. The van der Waals surface area contributed by atoms with Crippen LogP contribution in [0.1, 0.15) is 48.9 Å². The summed E-state index contributed by atoms with van der Waals surface area (Å²) < 4.78 is 0. The molecule has 88 valence electrons. The van der Waals surface area contributed by atoms with E-state index >= 15 is 0 Å². The maximum Gasteiger partial charge on any atom is 0.0630 e. The van der Waals surface area contributed by atoms with Crippen LogP contribution in [0, 0.1) is 0 Å². The summed E-state index contributed by atoms with van der Waals surface area (Å²) in [5.41, 5.74) is 1.60. The molecule has 1 aromatic rings.